The highest BCUT2D eigenvalue weighted by Gasteiger charge is 2.42. The van der Waals surface area contributed by atoms with Gasteiger partial charge in [0.1, 0.15) is 5.54 Å². The molecular formula is C16H29N3O2. The van der Waals surface area contributed by atoms with E-state index in [0.717, 1.165) is 25.9 Å². The van der Waals surface area contributed by atoms with E-state index in [2.05, 4.69) is 22.0 Å². The van der Waals surface area contributed by atoms with E-state index in [0.29, 0.717) is 24.7 Å². The second-order valence-electron chi connectivity index (χ2n) is 7.48. The molecule has 0 bridgehead atoms. The van der Waals surface area contributed by atoms with Crippen molar-refractivity contribution < 1.29 is 9.90 Å². The van der Waals surface area contributed by atoms with E-state index in [1.807, 2.05) is 6.92 Å². The van der Waals surface area contributed by atoms with Crippen molar-refractivity contribution >= 4 is 5.97 Å². The van der Waals surface area contributed by atoms with Crippen LogP contribution in [0.2, 0.25) is 0 Å². The summed E-state index contributed by atoms with van der Waals surface area (Å²) in [6.07, 6.45) is 6.14. The molecule has 2 N–H and O–H groups in total. The van der Waals surface area contributed by atoms with Crippen LogP contribution in [0.3, 0.4) is 0 Å². The van der Waals surface area contributed by atoms with Gasteiger partial charge in [-0.25, -0.2) is 0 Å². The van der Waals surface area contributed by atoms with Gasteiger partial charge in [0, 0.05) is 37.8 Å². The predicted molar refractivity (Wildman–Crippen MR) is 82.4 cm³/mol. The first-order valence-electron chi connectivity index (χ1n) is 8.47. The Bertz CT molecular complexity index is 399. The quantitative estimate of drug-likeness (QED) is 0.796. The lowest BCUT2D eigenvalue weighted by Crippen LogP contribution is -2.65. The molecular weight excluding hydrogens is 266 g/mol. The van der Waals surface area contributed by atoms with Crippen LogP contribution in [0.5, 0.6) is 0 Å². The average Bonchev–Trinajstić information content (AvgIpc) is 3.23. The van der Waals surface area contributed by atoms with Gasteiger partial charge in [0.05, 0.1) is 0 Å². The van der Waals surface area contributed by atoms with Gasteiger partial charge in [-0.2, -0.15) is 0 Å². The highest BCUT2D eigenvalue weighted by Crippen LogP contribution is 2.27. The molecule has 1 aliphatic carbocycles. The van der Waals surface area contributed by atoms with E-state index < -0.39 is 11.5 Å². The number of rotatable bonds is 5. The summed E-state index contributed by atoms with van der Waals surface area (Å²) in [4.78, 5) is 16.8. The molecule has 2 aliphatic heterocycles. The molecule has 5 nitrogen and oxygen atoms in total. The molecule has 3 aliphatic rings. The minimum absolute atomic E-state index is 0.414. The monoisotopic (exact) mass is 295 g/mol. The summed E-state index contributed by atoms with van der Waals surface area (Å²) >= 11 is 0. The zero-order valence-electron chi connectivity index (χ0n) is 13.3. The van der Waals surface area contributed by atoms with Crippen LogP contribution in [0.4, 0.5) is 0 Å². The maximum absolute atomic E-state index is 11.7. The summed E-state index contributed by atoms with van der Waals surface area (Å²) in [5, 5.41) is 13.0. The van der Waals surface area contributed by atoms with Gasteiger partial charge in [0.25, 0.3) is 0 Å². The zero-order chi connectivity index (χ0) is 15.0. The molecule has 1 saturated carbocycles. The molecule has 5 heteroatoms. The second kappa shape index (κ2) is 5.86. The minimum atomic E-state index is -0.813. The summed E-state index contributed by atoms with van der Waals surface area (Å²) in [5.41, 5.74) is -0.813. The highest BCUT2D eigenvalue weighted by atomic mass is 16.4. The van der Waals surface area contributed by atoms with Gasteiger partial charge < -0.3 is 5.11 Å². The molecule has 0 aromatic carbocycles. The van der Waals surface area contributed by atoms with Gasteiger partial charge in [-0.3, -0.25) is 19.9 Å². The molecule has 21 heavy (non-hydrogen) atoms. The number of nitrogens with zero attached hydrogens (tertiary/aromatic N) is 2. The van der Waals surface area contributed by atoms with Gasteiger partial charge in [0.2, 0.25) is 0 Å². The normalized spacial score (nSPS) is 34.2. The maximum Gasteiger partial charge on any atom is 0.324 e. The Morgan fingerprint density at radius 2 is 2.05 bits per heavy atom. The molecule has 0 spiro atoms. The largest absolute Gasteiger partial charge is 0.480 e. The number of piperazine rings is 1. The highest BCUT2D eigenvalue weighted by molar-refractivity contribution is 5.78. The fourth-order valence-electron chi connectivity index (χ4n) is 3.89. The first-order valence-corrected chi connectivity index (χ1v) is 8.47. The third kappa shape index (κ3) is 3.41. The number of hydrogen-bond donors (Lipinski definition) is 2. The number of carboxylic acids is 1. The van der Waals surface area contributed by atoms with Gasteiger partial charge in [0.15, 0.2) is 0 Å². The Morgan fingerprint density at radius 3 is 2.71 bits per heavy atom. The molecule has 0 aromatic rings. The van der Waals surface area contributed by atoms with Crippen LogP contribution in [-0.2, 0) is 4.79 Å². The Morgan fingerprint density at radius 1 is 1.29 bits per heavy atom. The number of carboxylic acid groups (broad SMARTS) is 1. The number of piperidine rings is 1. The van der Waals surface area contributed by atoms with Crippen LogP contribution in [0.25, 0.3) is 0 Å². The molecule has 0 radical (unpaired) electrons. The Labute approximate surface area is 127 Å². The molecule has 2 saturated heterocycles. The summed E-state index contributed by atoms with van der Waals surface area (Å²) < 4.78 is 0. The topological polar surface area (TPSA) is 55.8 Å². The molecule has 120 valence electrons. The third-order valence-corrected chi connectivity index (χ3v) is 5.41. The lowest BCUT2D eigenvalue weighted by atomic mass is 9.94. The van der Waals surface area contributed by atoms with E-state index in [1.54, 1.807) is 0 Å². The van der Waals surface area contributed by atoms with Crippen LogP contribution in [0.15, 0.2) is 0 Å². The van der Waals surface area contributed by atoms with E-state index in [4.69, 9.17) is 0 Å². The number of aliphatic carboxylic acids is 1. The summed E-state index contributed by atoms with van der Waals surface area (Å²) in [6.45, 7) is 8.04. The van der Waals surface area contributed by atoms with Gasteiger partial charge in [-0.15, -0.1) is 0 Å². The fourth-order valence-corrected chi connectivity index (χ4v) is 3.89. The van der Waals surface area contributed by atoms with E-state index in [1.165, 1.54) is 25.8 Å². The van der Waals surface area contributed by atoms with Crippen molar-refractivity contribution in [2.24, 2.45) is 0 Å². The minimum Gasteiger partial charge on any atom is -0.480 e. The smallest absolute Gasteiger partial charge is 0.324 e. The Balaban J connectivity index is 1.65. The van der Waals surface area contributed by atoms with Crippen LogP contribution < -0.4 is 5.32 Å². The van der Waals surface area contributed by atoms with Gasteiger partial charge >= 0.3 is 5.97 Å². The van der Waals surface area contributed by atoms with E-state index in [-0.39, 0.29) is 0 Å². The van der Waals surface area contributed by atoms with Crippen molar-refractivity contribution in [3.05, 3.63) is 0 Å². The molecule has 2 heterocycles. The summed E-state index contributed by atoms with van der Waals surface area (Å²) in [6, 6.07) is 1.49. The second-order valence-corrected chi connectivity index (χ2v) is 7.48. The predicted octanol–water partition coefficient (Wildman–Crippen LogP) is 1.14. The van der Waals surface area contributed by atoms with Crippen LogP contribution in [-0.4, -0.2) is 70.7 Å². The standard InChI is InChI=1S/C16H29N3O2/c1-12-9-18-8-4-3-5-14(18)10-19(12)11-16(2,15(20)21)17-13-6-7-13/h12-14,17H,3-11H2,1-2H3,(H,20,21). The zero-order valence-corrected chi connectivity index (χ0v) is 13.3. The molecule has 3 atom stereocenters. The fraction of sp³-hybridized carbons (Fsp3) is 0.938. The van der Waals surface area contributed by atoms with Crippen molar-refractivity contribution in [2.45, 2.75) is 69.6 Å². The molecule has 0 amide bonds. The Kier molecular flexibility index (Phi) is 4.26. The molecule has 0 aromatic heterocycles. The molecule has 3 rings (SSSR count). The first-order chi connectivity index (χ1) is 9.98. The van der Waals surface area contributed by atoms with Crippen molar-refractivity contribution in [2.75, 3.05) is 26.2 Å². The van der Waals surface area contributed by atoms with Crippen LogP contribution >= 0.6 is 0 Å². The first kappa shape index (κ1) is 15.3. The molecule has 3 unspecified atom stereocenters. The van der Waals surface area contributed by atoms with Crippen LogP contribution in [0, 0.1) is 0 Å². The average molecular weight is 295 g/mol. The third-order valence-electron chi connectivity index (χ3n) is 5.41. The number of nitrogens with one attached hydrogen (secondary N) is 1. The van der Waals surface area contributed by atoms with Crippen molar-refractivity contribution in [3.63, 3.8) is 0 Å². The summed E-state index contributed by atoms with van der Waals surface area (Å²) in [7, 11) is 0. The SMILES string of the molecule is CC1CN2CCCCC2CN1CC(C)(NC1CC1)C(=O)O. The van der Waals surface area contributed by atoms with Crippen LogP contribution in [0.1, 0.15) is 46.0 Å². The van der Waals surface area contributed by atoms with Gasteiger partial charge in [-0.05, 0) is 46.1 Å². The molecule has 3 fully saturated rings. The lowest BCUT2D eigenvalue weighted by molar-refractivity contribution is -0.146. The van der Waals surface area contributed by atoms with Crippen molar-refractivity contribution in [3.8, 4) is 0 Å². The summed E-state index contributed by atoms with van der Waals surface area (Å²) in [5.74, 6) is -0.715. The lowest BCUT2D eigenvalue weighted by Gasteiger charge is -2.49. The number of carbonyl (C=O) groups is 1. The Hall–Kier alpha value is -0.650. The van der Waals surface area contributed by atoms with Gasteiger partial charge in [-0.1, -0.05) is 6.42 Å². The number of fused-ring (bicyclic) bond motifs is 1. The van der Waals surface area contributed by atoms with Crippen molar-refractivity contribution in [1.29, 1.82) is 0 Å². The number of hydrogen-bond acceptors (Lipinski definition) is 4. The maximum atomic E-state index is 11.7. The van der Waals surface area contributed by atoms with Crippen molar-refractivity contribution in [1.82, 2.24) is 15.1 Å². The van der Waals surface area contributed by atoms with E-state index in [9.17, 15) is 9.90 Å². The van der Waals surface area contributed by atoms with E-state index >= 15 is 0 Å².